The Hall–Kier alpha value is -9.64. The molecule has 4 aromatic heterocycles. The molecule has 2 fully saturated rings. The van der Waals surface area contributed by atoms with Gasteiger partial charge in [0.1, 0.15) is 58.5 Å². The Morgan fingerprint density at radius 1 is 0.500 bits per heavy atom. The van der Waals surface area contributed by atoms with Crippen molar-refractivity contribution in [2.75, 3.05) is 40.3 Å². The van der Waals surface area contributed by atoms with E-state index in [1.807, 2.05) is 54.6 Å². The number of likely N-dealkylation sites (tertiary alicyclic amines) is 2. The lowest BCUT2D eigenvalue weighted by atomic mass is 9.88. The number of aromatic amines is 2. The van der Waals surface area contributed by atoms with E-state index in [0.29, 0.717) is 61.6 Å². The van der Waals surface area contributed by atoms with E-state index in [0.717, 1.165) is 91.8 Å². The predicted octanol–water partition coefficient (Wildman–Crippen LogP) is 14.0. The molecule has 86 heavy (non-hydrogen) atoms. The average Bonchev–Trinajstić information content (AvgIpc) is 3.61. The van der Waals surface area contributed by atoms with Gasteiger partial charge < -0.3 is 30.0 Å². The summed E-state index contributed by atoms with van der Waals surface area (Å²) in [5, 5.41) is 22.0. The molecule has 0 saturated carbocycles. The van der Waals surface area contributed by atoms with Crippen LogP contribution in [0.1, 0.15) is 84.9 Å². The third kappa shape index (κ3) is 10.8. The van der Waals surface area contributed by atoms with Crippen molar-refractivity contribution in [2.45, 2.75) is 49.6 Å². The first kappa shape index (κ1) is 54.3. The monoisotopic (exact) mass is 1150 g/mol. The molecule has 12 nitrogen and oxygen atoms in total. The Kier molecular flexibility index (Phi) is 14.6. The molecule has 16 heteroatoms. The number of rotatable bonds is 10. The molecule has 0 spiro atoms. The molecule has 6 heterocycles. The number of hydrogen-bond acceptors (Lipinski definition) is 8. The van der Waals surface area contributed by atoms with E-state index < -0.39 is 52.2 Å². The van der Waals surface area contributed by atoms with Crippen LogP contribution in [0.4, 0.5) is 17.6 Å². The van der Waals surface area contributed by atoms with Gasteiger partial charge >= 0.3 is 0 Å². The van der Waals surface area contributed by atoms with Crippen LogP contribution >= 0.6 is 0 Å². The minimum Gasteiger partial charge on any atom is -0.508 e. The van der Waals surface area contributed by atoms with Crippen molar-refractivity contribution in [3.63, 3.8) is 0 Å². The van der Waals surface area contributed by atoms with Crippen LogP contribution in [-0.4, -0.2) is 89.4 Å². The summed E-state index contributed by atoms with van der Waals surface area (Å²) in [5.41, 5.74) is 6.48. The summed E-state index contributed by atoms with van der Waals surface area (Å²) < 4.78 is 72.5. The highest BCUT2D eigenvalue weighted by atomic mass is 19.1. The fourth-order valence-corrected chi connectivity index (χ4v) is 12.4. The van der Waals surface area contributed by atoms with Crippen LogP contribution < -0.4 is 11.1 Å². The van der Waals surface area contributed by atoms with E-state index in [1.165, 1.54) is 46.2 Å². The van der Waals surface area contributed by atoms with E-state index in [9.17, 15) is 30.0 Å². The Balaban J connectivity index is 0.000000161. The van der Waals surface area contributed by atoms with Gasteiger partial charge in [-0.15, -0.1) is 0 Å². The summed E-state index contributed by atoms with van der Waals surface area (Å²) in [6.45, 7) is 4.29. The third-order valence-electron chi connectivity index (χ3n) is 17.1. The van der Waals surface area contributed by atoms with Gasteiger partial charge in [-0.1, -0.05) is 72.8 Å². The first-order chi connectivity index (χ1) is 42.1. The zero-order chi connectivity index (χ0) is 60.3. The van der Waals surface area contributed by atoms with Gasteiger partial charge in [0.2, 0.25) is 0 Å². The highest BCUT2D eigenvalue weighted by molar-refractivity contribution is 5.89. The van der Waals surface area contributed by atoms with Gasteiger partial charge in [-0.05, 0) is 219 Å². The molecule has 12 aromatic rings. The highest BCUT2D eigenvalue weighted by Gasteiger charge is 2.29. The lowest BCUT2D eigenvalue weighted by Gasteiger charge is -2.29. The molecule has 2 aliphatic heterocycles. The molecule has 2 saturated heterocycles. The van der Waals surface area contributed by atoms with Gasteiger partial charge in [0, 0.05) is 23.5 Å². The second kappa shape index (κ2) is 23.1. The Labute approximate surface area is 493 Å². The van der Waals surface area contributed by atoms with Crippen molar-refractivity contribution >= 4 is 43.6 Å². The van der Waals surface area contributed by atoms with Crippen LogP contribution in [0.5, 0.6) is 11.5 Å². The van der Waals surface area contributed by atoms with Crippen LogP contribution in [-0.2, 0) is 0 Å². The molecule has 2 atom stereocenters. The fourth-order valence-electron chi connectivity index (χ4n) is 12.4. The maximum atomic E-state index is 15.9. The number of halogens is 4. The van der Waals surface area contributed by atoms with Crippen molar-refractivity contribution in [3.8, 4) is 33.8 Å². The number of piperidine rings is 2. The van der Waals surface area contributed by atoms with E-state index in [-0.39, 0.29) is 33.5 Å². The van der Waals surface area contributed by atoms with E-state index >= 15 is 8.78 Å². The summed E-state index contributed by atoms with van der Waals surface area (Å²) in [7, 11) is 4.28. The Morgan fingerprint density at radius 3 is 1.43 bits per heavy atom. The zero-order valence-corrected chi connectivity index (χ0v) is 47.1. The number of H-pyrrole nitrogens is 2. The molecule has 0 amide bonds. The average molecular weight is 1150 g/mol. The van der Waals surface area contributed by atoms with Crippen molar-refractivity contribution in [3.05, 3.63) is 260 Å². The summed E-state index contributed by atoms with van der Waals surface area (Å²) >= 11 is 0. The zero-order valence-electron chi connectivity index (χ0n) is 48.1. The lowest BCUT2D eigenvalue weighted by molar-refractivity contribution is 0.255. The summed E-state index contributed by atoms with van der Waals surface area (Å²) in [6.07, 6.45) is 7.35. The van der Waals surface area contributed by atoms with E-state index in [4.69, 9.17) is 0 Å². The van der Waals surface area contributed by atoms with Gasteiger partial charge in [0.25, 0.3) is 11.1 Å². The molecule has 0 bridgehead atoms. The maximum absolute atomic E-state index is 15.9. The minimum atomic E-state index is -2.26. The quantitative estimate of drug-likeness (QED) is 0.0990. The Morgan fingerprint density at radius 2 is 0.930 bits per heavy atom. The molecule has 0 aliphatic carbocycles. The van der Waals surface area contributed by atoms with Crippen LogP contribution in [0.3, 0.4) is 0 Å². The summed E-state index contributed by atoms with van der Waals surface area (Å²) in [4.78, 5) is 48.0. The van der Waals surface area contributed by atoms with Crippen LogP contribution in [0.25, 0.3) is 65.9 Å². The number of benzene rings is 8. The number of aromatic hydroxyl groups is 2. The second-order valence-corrected chi connectivity index (χ2v) is 22.6. The first-order valence-corrected chi connectivity index (χ1v) is 28.7. The maximum Gasteiger partial charge on any atom is 0.262 e. The topological polar surface area (TPSA) is 148 Å². The van der Waals surface area contributed by atoms with Crippen LogP contribution in [0.15, 0.2) is 192 Å². The van der Waals surface area contributed by atoms with E-state index in [2.05, 4.69) is 68.1 Å². The third-order valence-corrected chi connectivity index (χ3v) is 17.1. The number of fused-ring (bicyclic) bond motifs is 4. The summed E-state index contributed by atoms with van der Waals surface area (Å²) in [6, 6.07) is 43.7. The molecule has 4 N–H and O–H groups in total. The number of hydrogen-bond donors (Lipinski definition) is 4. The first-order valence-electron chi connectivity index (χ1n) is 29.2. The number of aromatic nitrogens is 6. The van der Waals surface area contributed by atoms with Crippen LogP contribution in [0, 0.1) is 23.3 Å². The number of para-hydroxylation sites is 4. The molecule has 432 valence electrons. The summed E-state index contributed by atoms with van der Waals surface area (Å²) in [5.74, 6) is -2.02. The van der Waals surface area contributed by atoms with Crippen LogP contribution in [0.2, 0.25) is 0 Å². The number of nitrogens with zero attached hydrogens (tertiary/aromatic N) is 6. The highest BCUT2D eigenvalue weighted by Crippen LogP contribution is 2.38. The van der Waals surface area contributed by atoms with Gasteiger partial charge in [-0.3, -0.25) is 18.7 Å². The standard InChI is InChI=1S/2C35H30F2N4O2/c2*1-40-15-12-23(13-16-40)21-6-8-22(9-7-21)25-18-24-14-17-41(35(43)32(24)28(37)19-25)33(27-20-26(36)10-11-31(27)42)34-38-29-4-2-3-5-30(29)39-34/h2*2-11,14,17-20,23,33,42H,12-13,15-16H2,1H3,(H,38,39)/i33D;. The molecule has 8 aromatic carbocycles. The van der Waals surface area contributed by atoms with Crippen molar-refractivity contribution in [1.82, 2.24) is 38.9 Å². The smallest absolute Gasteiger partial charge is 0.262 e. The number of pyridine rings is 2. The van der Waals surface area contributed by atoms with Crippen molar-refractivity contribution < 1.29 is 29.1 Å². The van der Waals surface area contributed by atoms with Gasteiger partial charge in [-0.2, -0.15) is 0 Å². The molecule has 2 unspecified atom stereocenters. The predicted molar refractivity (Wildman–Crippen MR) is 329 cm³/mol. The SMILES string of the molecule is CN1CCC(c2ccc(-c3cc(F)c4c(=O)n(C(c5nc6ccccc6[nH]5)c5cc(F)ccc5O)ccc4c3)cc2)CC1.[2H]C(c1nc2ccccc2[nH]1)(c1cc(F)ccc1O)n1ccc2cc(-c3ccc(C4CCN(C)CC4)cc3)cc(F)c2c1=O. The number of nitrogens with one attached hydrogen (secondary N) is 2. The van der Waals surface area contributed by atoms with Crippen molar-refractivity contribution in [2.24, 2.45) is 0 Å². The molecule has 14 rings (SSSR count). The largest absolute Gasteiger partial charge is 0.508 e. The minimum absolute atomic E-state index is 0.0391. The molecule has 2 aliphatic rings. The number of imidazole rings is 2. The molecular formula is C70H60F4N8O4. The number of phenols is 2. The van der Waals surface area contributed by atoms with Gasteiger partial charge in [0.15, 0.2) is 0 Å². The van der Waals surface area contributed by atoms with E-state index in [1.54, 1.807) is 48.7 Å². The number of phenolic OH excluding ortho intramolecular Hbond substituents is 2. The normalized spacial score (nSPS) is 15.9. The van der Waals surface area contributed by atoms with Gasteiger partial charge in [-0.25, -0.2) is 27.5 Å². The van der Waals surface area contributed by atoms with Gasteiger partial charge in [0.05, 0.1) is 34.2 Å². The Bertz CT molecular complexity index is 4640. The lowest BCUT2D eigenvalue weighted by Crippen LogP contribution is -2.29. The fraction of sp³-hybridized carbons (Fsp3) is 0.200. The van der Waals surface area contributed by atoms with Crippen molar-refractivity contribution in [1.29, 1.82) is 0 Å². The molecule has 0 radical (unpaired) electrons. The molecular weight excluding hydrogens is 1090 g/mol. The second-order valence-electron chi connectivity index (χ2n) is 22.6.